The van der Waals surface area contributed by atoms with Crippen LogP contribution in [0.5, 0.6) is 0 Å². The topological polar surface area (TPSA) is 45.2 Å². The first-order valence-electron chi connectivity index (χ1n) is 12.0. The maximum Gasteiger partial charge on any atom is 0.152 e. The zero-order valence-corrected chi connectivity index (χ0v) is 22.1. The SMILES string of the molecule is CCc1ccc(C2=N/C(=C(\c3ccccc3)c3cc(C)c(-c4ccc(CC)s4)[nH]3)C(C=O)=C2C)s1. The number of carbonyl (C=O) groups is 1. The van der Waals surface area contributed by atoms with Gasteiger partial charge in [-0.05, 0) is 73.7 Å². The van der Waals surface area contributed by atoms with Gasteiger partial charge in [-0.3, -0.25) is 4.79 Å². The number of benzene rings is 1. The number of allylic oxidation sites excluding steroid dienone is 2. The number of hydrogen-bond donors (Lipinski definition) is 1. The summed E-state index contributed by atoms with van der Waals surface area (Å²) < 4.78 is 0. The lowest BCUT2D eigenvalue weighted by Gasteiger charge is -2.10. The van der Waals surface area contributed by atoms with Gasteiger partial charge in [-0.15, -0.1) is 22.7 Å². The van der Waals surface area contributed by atoms with Gasteiger partial charge in [0.1, 0.15) is 0 Å². The van der Waals surface area contributed by atoms with Gasteiger partial charge in [-0.25, -0.2) is 4.99 Å². The van der Waals surface area contributed by atoms with E-state index in [1.165, 1.54) is 20.2 Å². The van der Waals surface area contributed by atoms with Gasteiger partial charge in [-0.1, -0.05) is 44.2 Å². The molecule has 3 aromatic heterocycles. The van der Waals surface area contributed by atoms with Gasteiger partial charge in [-0.2, -0.15) is 0 Å². The number of aromatic nitrogens is 1. The van der Waals surface area contributed by atoms with Gasteiger partial charge in [0.05, 0.1) is 26.9 Å². The van der Waals surface area contributed by atoms with E-state index in [-0.39, 0.29) is 0 Å². The van der Waals surface area contributed by atoms with Gasteiger partial charge in [0.25, 0.3) is 0 Å². The molecule has 1 aromatic carbocycles. The van der Waals surface area contributed by atoms with Gasteiger partial charge < -0.3 is 4.98 Å². The third-order valence-corrected chi connectivity index (χ3v) is 8.92. The number of aryl methyl sites for hydroxylation is 3. The van der Waals surface area contributed by atoms with E-state index in [2.05, 4.69) is 68.2 Å². The maximum absolute atomic E-state index is 12.4. The number of nitrogens with zero attached hydrogens (tertiary/aromatic N) is 1. The van der Waals surface area contributed by atoms with E-state index in [0.29, 0.717) is 5.57 Å². The van der Waals surface area contributed by atoms with Gasteiger partial charge in [0.2, 0.25) is 0 Å². The lowest BCUT2D eigenvalue weighted by Crippen LogP contribution is -1.98. The third kappa shape index (κ3) is 4.30. The lowest BCUT2D eigenvalue weighted by molar-refractivity contribution is -0.104. The highest BCUT2D eigenvalue weighted by atomic mass is 32.1. The van der Waals surface area contributed by atoms with Crippen molar-refractivity contribution in [2.45, 2.75) is 40.5 Å². The second-order valence-corrected chi connectivity index (χ2v) is 11.0. The van der Waals surface area contributed by atoms with Crippen molar-refractivity contribution in [3.05, 3.63) is 109 Å². The van der Waals surface area contributed by atoms with Crippen molar-refractivity contribution in [1.29, 1.82) is 0 Å². The molecule has 4 aromatic rings. The molecule has 0 unspecified atom stereocenters. The zero-order chi connectivity index (χ0) is 24.5. The highest BCUT2D eigenvalue weighted by Crippen LogP contribution is 2.39. The molecule has 1 aliphatic heterocycles. The molecule has 0 saturated heterocycles. The highest BCUT2D eigenvalue weighted by Gasteiger charge is 2.27. The van der Waals surface area contributed by atoms with Crippen LogP contribution in [0.25, 0.3) is 16.1 Å². The Bertz CT molecular complexity index is 1490. The number of rotatable bonds is 7. The molecule has 0 atom stereocenters. The summed E-state index contributed by atoms with van der Waals surface area (Å²) in [4.78, 5) is 26.2. The summed E-state index contributed by atoms with van der Waals surface area (Å²) >= 11 is 3.57. The molecule has 5 heteroatoms. The molecule has 35 heavy (non-hydrogen) atoms. The predicted octanol–water partition coefficient (Wildman–Crippen LogP) is 8.02. The Balaban J connectivity index is 1.73. The molecule has 0 radical (unpaired) electrons. The number of nitrogens with one attached hydrogen (secondary N) is 1. The average Bonchev–Trinajstić information content (AvgIpc) is 3.66. The van der Waals surface area contributed by atoms with E-state index in [1.807, 2.05) is 36.5 Å². The van der Waals surface area contributed by atoms with Crippen LogP contribution in [0.1, 0.15) is 52.2 Å². The minimum atomic E-state index is 0.656. The molecule has 0 saturated carbocycles. The molecule has 0 amide bonds. The largest absolute Gasteiger partial charge is 0.354 e. The summed E-state index contributed by atoms with van der Waals surface area (Å²) in [6, 6.07) is 21.1. The number of thiophene rings is 2. The Hall–Kier alpha value is -3.28. The summed E-state index contributed by atoms with van der Waals surface area (Å²) in [5.74, 6) is 0. The van der Waals surface area contributed by atoms with Crippen molar-refractivity contribution in [1.82, 2.24) is 4.98 Å². The van der Waals surface area contributed by atoms with E-state index in [1.54, 1.807) is 11.3 Å². The molecular weight excluding hydrogens is 468 g/mol. The van der Waals surface area contributed by atoms with Crippen LogP contribution in [-0.4, -0.2) is 17.0 Å². The number of aromatic amines is 1. The molecule has 0 aliphatic carbocycles. The minimum absolute atomic E-state index is 0.656. The fourth-order valence-electron chi connectivity index (χ4n) is 4.51. The lowest BCUT2D eigenvalue weighted by atomic mass is 9.96. The fraction of sp³-hybridized carbons (Fsp3) is 0.200. The molecule has 4 heterocycles. The quantitative estimate of drug-likeness (QED) is 0.259. The molecule has 3 nitrogen and oxygen atoms in total. The first-order valence-corrected chi connectivity index (χ1v) is 13.6. The van der Waals surface area contributed by atoms with E-state index in [9.17, 15) is 4.79 Å². The predicted molar refractivity (Wildman–Crippen MR) is 150 cm³/mol. The third-order valence-electron chi connectivity index (χ3n) is 6.44. The fourth-order valence-corrected chi connectivity index (χ4v) is 6.51. The van der Waals surface area contributed by atoms with Crippen molar-refractivity contribution in [3.63, 3.8) is 0 Å². The van der Waals surface area contributed by atoms with E-state index >= 15 is 0 Å². The first kappa shape index (κ1) is 23.5. The van der Waals surface area contributed by atoms with Crippen LogP contribution in [0.3, 0.4) is 0 Å². The second-order valence-electron chi connectivity index (χ2n) is 8.69. The molecule has 0 spiro atoms. The highest BCUT2D eigenvalue weighted by molar-refractivity contribution is 7.15. The Kier molecular flexibility index (Phi) is 6.54. The van der Waals surface area contributed by atoms with Crippen molar-refractivity contribution in [2.75, 3.05) is 0 Å². The van der Waals surface area contributed by atoms with Crippen molar-refractivity contribution in [3.8, 4) is 10.6 Å². The van der Waals surface area contributed by atoms with Crippen LogP contribution in [0.15, 0.2) is 82.5 Å². The smallest absolute Gasteiger partial charge is 0.152 e. The number of H-pyrrole nitrogens is 1. The monoisotopic (exact) mass is 496 g/mol. The first-order chi connectivity index (χ1) is 17.0. The summed E-state index contributed by atoms with van der Waals surface area (Å²) in [6.45, 7) is 8.49. The normalized spacial score (nSPS) is 15.0. The summed E-state index contributed by atoms with van der Waals surface area (Å²) in [6.07, 6.45) is 2.98. The van der Waals surface area contributed by atoms with Crippen LogP contribution in [0.4, 0.5) is 0 Å². The van der Waals surface area contributed by atoms with E-state index in [4.69, 9.17) is 4.99 Å². The summed E-state index contributed by atoms with van der Waals surface area (Å²) in [5.41, 5.74) is 8.49. The Morgan fingerprint density at radius 1 is 0.914 bits per heavy atom. The molecule has 0 bridgehead atoms. The molecule has 1 aliphatic rings. The average molecular weight is 497 g/mol. The molecule has 1 N–H and O–H groups in total. The number of aldehydes is 1. The van der Waals surface area contributed by atoms with E-state index in [0.717, 1.165) is 63.5 Å². The van der Waals surface area contributed by atoms with Crippen LogP contribution in [0.2, 0.25) is 0 Å². The van der Waals surface area contributed by atoms with Crippen molar-refractivity contribution >= 4 is 40.2 Å². The number of hydrogen-bond acceptors (Lipinski definition) is 4. The standard InChI is InChI=1S/C30H28N2OS2/c1-5-21-12-14-25(34-21)28-18(3)16-24(31-28)27(20-10-8-7-9-11-20)30-23(17-33)19(4)29(32-30)26-15-13-22(6-2)35-26/h7-17,31H,5-6H2,1-4H3/b30-27+. The van der Waals surface area contributed by atoms with Gasteiger partial charge in [0.15, 0.2) is 6.29 Å². The van der Waals surface area contributed by atoms with E-state index < -0.39 is 0 Å². The van der Waals surface area contributed by atoms with Gasteiger partial charge >= 0.3 is 0 Å². The Labute approximate surface area is 214 Å². The van der Waals surface area contributed by atoms with Crippen molar-refractivity contribution < 1.29 is 4.79 Å². The zero-order valence-electron chi connectivity index (χ0n) is 20.4. The van der Waals surface area contributed by atoms with Crippen molar-refractivity contribution in [2.24, 2.45) is 4.99 Å². The Morgan fingerprint density at radius 3 is 2.20 bits per heavy atom. The van der Waals surface area contributed by atoms with Crippen LogP contribution in [0, 0.1) is 6.92 Å². The van der Waals surface area contributed by atoms with Gasteiger partial charge in [0, 0.05) is 26.6 Å². The molecule has 176 valence electrons. The Morgan fingerprint density at radius 2 is 1.57 bits per heavy atom. The molecule has 0 fully saturated rings. The summed E-state index contributed by atoms with van der Waals surface area (Å²) in [5, 5.41) is 0. The summed E-state index contributed by atoms with van der Waals surface area (Å²) in [7, 11) is 0. The maximum atomic E-state index is 12.4. The minimum Gasteiger partial charge on any atom is -0.354 e. The van der Waals surface area contributed by atoms with Crippen LogP contribution >= 0.6 is 22.7 Å². The molecular formula is C30H28N2OS2. The van der Waals surface area contributed by atoms with Crippen LogP contribution in [-0.2, 0) is 17.6 Å². The number of aliphatic imine (C=N–C) groups is 1. The second kappa shape index (κ2) is 9.76. The van der Waals surface area contributed by atoms with Crippen LogP contribution < -0.4 is 0 Å². The molecule has 5 rings (SSSR count). The number of carbonyl (C=O) groups excluding carboxylic acids is 1.